The van der Waals surface area contributed by atoms with E-state index in [2.05, 4.69) is 87.9 Å². The van der Waals surface area contributed by atoms with Crippen molar-refractivity contribution in [2.24, 2.45) is 0 Å². The third-order valence-corrected chi connectivity index (χ3v) is 11.1. The molecule has 6 rings (SSSR count). The summed E-state index contributed by atoms with van der Waals surface area (Å²) in [5.41, 5.74) is 2.46. The Morgan fingerprint density at radius 1 is 0.733 bits per heavy atom. The SMILES string of the molecule is [Se]=P1(C2CCCOC2)Oc2ccc3ccccc3c2-c2c(ccc3ccccc23)O1. The minimum absolute atomic E-state index is 0.225. The summed E-state index contributed by atoms with van der Waals surface area (Å²) in [6.07, 6.45) is 2.09. The molecule has 2 heterocycles. The first-order chi connectivity index (χ1) is 14.7. The minimum atomic E-state index is -2.35. The molecule has 1 atom stereocenters. The van der Waals surface area contributed by atoms with Gasteiger partial charge in [-0.3, -0.25) is 0 Å². The molecule has 4 aromatic carbocycles. The van der Waals surface area contributed by atoms with Gasteiger partial charge in [-0.05, 0) is 0 Å². The van der Waals surface area contributed by atoms with E-state index in [1.54, 1.807) is 0 Å². The Hall–Kier alpha value is -2.09. The van der Waals surface area contributed by atoms with Crippen molar-refractivity contribution in [3.63, 3.8) is 0 Å². The molecule has 0 aliphatic carbocycles. The van der Waals surface area contributed by atoms with Gasteiger partial charge in [-0.15, -0.1) is 0 Å². The normalized spacial score (nSPS) is 19.9. The predicted molar refractivity (Wildman–Crippen MR) is 125 cm³/mol. The molecule has 0 bridgehead atoms. The predicted octanol–water partition coefficient (Wildman–Crippen LogP) is 6.54. The Morgan fingerprint density at radius 3 is 1.83 bits per heavy atom. The van der Waals surface area contributed by atoms with Crippen LogP contribution in [0.3, 0.4) is 0 Å². The first kappa shape index (κ1) is 18.7. The van der Waals surface area contributed by atoms with Gasteiger partial charge in [-0.25, -0.2) is 0 Å². The van der Waals surface area contributed by atoms with Crippen LogP contribution in [0.25, 0.3) is 32.7 Å². The fourth-order valence-corrected chi connectivity index (χ4v) is 8.62. The van der Waals surface area contributed by atoms with Gasteiger partial charge in [0.15, 0.2) is 0 Å². The molecule has 2 aliphatic rings. The van der Waals surface area contributed by atoms with E-state index >= 15 is 0 Å². The summed E-state index contributed by atoms with van der Waals surface area (Å²) in [6.45, 7) is 1.49. The summed E-state index contributed by atoms with van der Waals surface area (Å²) < 4.78 is 19.4. The van der Waals surface area contributed by atoms with E-state index in [0.717, 1.165) is 42.1 Å². The fourth-order valence-electron chi connectivity index (χ4n) is 4.59. The maximum absolute atomic E-state index is 6.78. The molecule has 0 amide bonds. The van der Waals surface area contributed by atoms with Crippen LogP contribution in [0.2, 0.25) is 0 Å². The molecule has 5 heteroatoms. The van der Waals surface area contributed by atoms with E-state index in [-0.39, 0.29) is 5.66 Å². The Morgan fingerprint density at radius 2 is 1.30 bits per heavy atom. The fraction of sp³-hybridized carbons (Fsp3) is 0.200. The van der Waals surface area contributed by atoms with Gasteiger partial charge < -0.3 is 0 Å². The van der Waals surface area contributed by atoms with Crippen molar-refractivity contribution in [1.82, 2.24) is 0 Å². The van der Waals surface area contributed by atoms with E-state index in [1.165, 1.54) is 21.5 Å². The first-order valence-corrected chi connectivity index (χ1v) is 14.2. The molecule has 30 heavy (non-hydrogen) atoms. The van der Waals surface area contributed by atoms with Crippen molar-refractivity contribution in [3.05, 3.63) is 72.8 Å². The van der Waals surface area contributed by atoms with Gasteiger partial charge in [-0.2, -0.15) is 0 Å². The molecule has 0 N–H and O–H groups in total. The number of benzene rings is 4. The summed E-state index contributed by atoms with van der Waals surface area (Å²) in [7, 11) is 0. The zero-order chi connectivity index (χ0) is 20.1. The first-order valence-electron chi connectivity index (χ1n) is 10.3. The molecule has 1 saturated heterocycles. The van der Waals surface area contributed by atoms with Gasteiger partial charge in [0.05, 0.1) is 0 Å². The third kappa shape index (κ3) is 2.94. The topological polar surface area (TPSA) is 27.7 Å². The second-order valence-electron chi connectivity index (χ2n) is 7.91. The van der Waals surface area contributed by atoms with Crippen molar-refractivity contribution in [1.29, 1.82) is 0 Å². The summed E-state index contributed by atoms with van der Waals surface area (Å²) in [5, 5.41) is 4.77. The summed E-state index contributed by atoms with van der Waals surface area (Å²) in [6, 6.07) is 25.5. The number of hydrogen-bond donors (Lipinski definition) is 0. The Balaban J connectivity index is 1.69. The molecule has 1 unspecified atom stereocenters. The molecule has 0 saturated carbocycles. The molecule has 1 fully saturated rings. The quantitative estimate of drug-likeness (QED) is 0.229. The van der Waals surface area contributed by atoms with Crippen LogP contribution in [0.1, 0.15) is 12.8 Å². The van der Waals surface area contributed by atoms with Crippen molar-refractivity contribution in [2.75, 3.05) is 13.2 Å². The number of rotatable bonds is 1. The van der Waals surface area contributed by atoms with Crippen molar-refractivity contribution < 1.29 is 13.8 Å². The average molecular weight is 479 g/mol. The number of fused-ring (bicyclic) bond motifs is 7. The number of ether oxygens (including phenoxy) is 1. The van der Waals surface area contributed by atoms with E-state index in [0.29, 0.717) is 6.61 Å². The van der Waals surface area contributed by atoms with Crippen LogP contribution in [0.4, 0.5) is 0 Å². The van der Waals surface area contributed by atoms with Crippen molar-refractivity contribution in [2.45, 2.75) is 18.5 Å². The molecule has 4 aromatic rings. The summed E-state index contributed by atoms with van der Waals surface area (Å²) in [4.78, 5) is 0. The average Bonchev–Trinajstić information content (AvgIpc) is 2.94. The summed E-state index contributed by atoms with van der Waals surface area (Å²) in [5.74, 6) is -0.572. The zero-order valence-corrected chi connectivity index (χ0v) is 19.0. The molecular formula is C25H21O3PSe. The zero-order valence-electron chi connectivity index (χ0n) is 16.4. The van der Waals surface area contributed by atoms with Crippen LogP contribution in [0.5, 0.6) is 11.5 Å². The summed E-state index contributed by atoms with van der Waals surface area (Å²) >= 11 is 3.37. The van der Waals surface area contributed by atoms with E-state index in [1.807, 2.05) is 0 Å². The van der Waals surface area contributed by atoms with Gasteiger partial charge in [0.25, 0.3) is 0 Å². The standard InChI is InChI=1S/C25H21O3PSe/c30-29(19-8-5-15-26-16-19)27-22-13-11-17-6-1-3-9-20(17)24(22)25-21-10-4-2-7-18(21)12-14-23(25)28-29/h1-4,6-7,9-14,19H,5,8,15-16H2. The molecule has 0 spiro atoms. The second kappa shape index (κ2) is 7.25. The molecule has 2 aliphatic heterocycles. The number of hydrogen-bond acceptors (Lipinski definition) is 3. The second-order valence-corrected chi connectivity index (χ2v) is 13.3. The van der Waals surface area contributed by atoms with Gasteiger partial charge >= 0.3 is 184 Å². The van der Waals surface area contributed by atoms with Crippen LogP contribution >= 0.6 is 5.96 Å². The Bertz CT molecular complexity index is 1240. The Kier molecular flexibility index (Phi) is 4.51. The van der Waals surface area contributed by atoms with Crippen LogP contribution < -0.4 is 9.05 Å². The van der Waals surface area contributed by atoms with Gasteiger partial charge in [0, 0.05) is 0 Å². The van der Waals surface area contributed by atoms with Gasteiger partial charge in [0.1, 0.15) is 0 Å². The molecule has 0 radical (unpaired) electrons. The Labute approximate surface area is 183 Å². The monoisotopic (exact) mass is 480 g/mol. The van der Waals surface area contributed by atoms with Crippen molar-refractivity contribution >= 4 is 42.6 Å². The molecule has 3 nitrogen and oxygen atoms in total. The maximum atomic E-state index is 6.78. The molecule has 150 valence electrons. The van der Waals surface area contributed by atoms with E-state index in [9.17, 15) is 0 Å². The van der Waals surface area contributed by atoms with Gasteiger partial charge in [0.2, 0.25) is 0 Å². The van der Waals surface area contributed by atoms with E-state index in [4.69, 9.17) is 13.8 Å². The van der Waals surface area contributed by atoms with Crippen molar-refractivity contribution in [3.8, 4) is 22.6 Å². The van der Waals surface area contributed by atoms with Crippen LogP contribution in [-0.4, -0.2) is 34.0 Å². The molecular weight excluding hydrogens is 458 g/mol. The van der Waals surface area contributed by atoms with Crippen LogP contribution in [-0.2, 0) is 4.74 Å². The third-order valence-electron chi connectivity index (χ3n) is 6.07. The van der Waals surface area contributed by atoms with Crippen LogP contribution in [0, 0.1) is 0 Å². The van der Waals surface area contributed by atoms with Gasteiger partial charge in [-0.1, -0.05) is 0 Å². The van der Waals surface area contributed by atoms with E-state index < -0.39 is 5.96 Å². The van der Waals surface area contributed by atoms with Crippen LogP contribution in [0.15, 0.2) is 72.8 Å². The molecule has 0 aromatic heterocycles.